The van der Waals surface area contributed by atoms with Gasteiger partial charge in [0, 0.05) is 16.8 Å². The molecule has 0 fully saturated rings. The van der Waals surface area contributed by atoms with Gasteiger partial charge in [-0.25, -0.2) is 9.78 Å². The molecule has 3 heterocycles. The highest BCUT2D eigenvalue weighted by Crippen LogP contribution is 2.29. The maximum absolute atomic E-state index is 11.3. The molecule has 0 amide bonds. The number of nitrogen functional groups attached to an aromatic ring is 1. The van der Waals surface area contributed by atoms with Crippen LogP contribution in [-0.4, -0.2) is 20.5 Å². The van der Waals surface area contributed by atoms with Crippen LogP contribution in [-0.2, 0) is 0 Å². The molecule has 0 unspecified atom stereocenters. The van der Waals surface area contributed by atoms with E-state index in [4.69, 9.17) is 5.73 Å². The van der Waals surface area contributed by atoms with Gasteiger partial charge in [-0.05, 0) is 31.2 Å². The number of aromatic carboxylic acids is 1. The monoisotopic (exact) mass is 273 g/mol. The minimum absolute atomic E-state index is 0.0216. The van der Waals surface area contributed by atoms with Crippen LogP contribution in [0.1, 0.15) is 15.4 Å². The largest absolute Gasteiger partial charge is 0.476 e. The van der Waals surface area contributed by atoms with E-state index in [1.807, 2.05) is 19.1 Å². The minimum Gasteiger partial charge on any atom is -0.476 e. The fourth-order valence-electron chi connectivity index (χ4n) is 1.99. The normalized spacial score (nSPS) is 11.0. The molecule has 6 heteroatoms. The molecule has 3 rings (SSSR count). The van der Waals surface area contributed by atoms with Crippen molar-refractivity contribution in [3.05, 3.63) is 41.0 Å². The Morgan fingerprint density at radius 2 is 2.21 bits per heavy atom. The van der Waals surface area contributed by atoms with Gasteiger partial charge in [-0.15, -0.1) is 11.3 Å². The van der Waals surface area contributed by atoms with Gasteiger partial charge in [0.1, 0.15) is 0 Å². The molecule has 0 bridgehead atoms. The highest BCUT2D eigenvalue weighted by Gasteiger charge is 2.18. The van der Waals surface area contributed by atoms with E-state index in [2.05, 4.69) is 4.98 Å². The summed E-state index contributed by atoms with van der Waals surface area (Å²) in [6, 6.07) is 7.28. The fraction of sp³-hybridized carbons (Fsp3) is 0.0769. The molecule has 0 saturated heterocycles. The Morgan fingerprint density at radius 3 is 2.84 bits per heavy atom. The van der Waals surface area contributed by atoms with Crippen molar-refractivity contribution < 1.29 is 9.90 Å². The maximum atomic E-state index is 11.3. The lowest BCUT2D eigenvalue weighted by Crippen LogP contribution is -1.97. The zero-order valence-corrected chi connectivity index (χ0v) is 10.9. The molecule has 0 spiro atoms. The van der Waals surface area contributed by atoms with Crippen LogP contribution in [0, 0.1) is 6.92 Å². The molecule has 0 atom stereocenters. The number of nitrogens with zero attached hydrogens (tertiary/aromatic N) is 2. The molecule has 0 aliphatic rings. The molecule has 5 nitrogen and oxygen atoms in total. The number of carboxylic acids is 1. The van der Waals surface area contributed by atoms with Gasteiger partial charge in [0.25, 0.3) is 0 Å². The van der Waals surface area contributed by atoms with Crippen molar-refractivity contribution in [3.63, 3.8) is 0 Å². The second kappa shape index (κ2) is 4.10. The average molecular weight is 273 g/mol. The molecule has 3 aromatic rings. The average Bonchev–Trinajstić information content (AvgIpc) is 2.92. The van der Waals surface area contributed by atoms with Crippen LogP contribution in [0.3, 0.4) is 0 Å². The zero-order valence-electron chi connectivity index (χ0n) is 10.1. The molecular weight excluding hydrogens is 262 g/mol. The third-order valence-corrected chi connectivity index (χ3v) is 3.83. The number of imidazole rings is 1. The summed E-state index contributed by atoms with van der Waals surface area (Å²) in [5, 5.41) is 9.23. The second-order valence-electron chi connectivity index (χ2n) is 4.21. The number of nitrogens with two attached hydrogens (primary N) is 1. The molecule has 3 N–H and O–H groups in total. The standard InChI is InChI=1S/C13H11N3O2S/c1-7-2-3-10(19-7)12-15-11(13(17)18)9-6-8(14)4-5-16(9)12/h2-6H,14H2,1H3,(H,17,18). The number of aryl methyl sites for hydroxylation is 1. The van der Waals surface area contributed by atoms with Crippen molar-refractivity contribution >= 4 is 28.5 Å². The van der Waals surface area contributed by atoms with E-state index in [1.165, 1.54) is 0 Å². The Labute approximate surface area is 112 Å². The number of carbonyl (C=O) groups is 1. The predicted molar refractivity (Wildman–Crippen MR) is 74.6 cm³/mol. The lowest BCUT2D eigenvalue weighted by molar-refractivity contribution is 0.0693. The molecule has 3 aromatic heterocycles. The van der Waals surface area contributed by atoms with Crippen molar-refractivity contribution in [1.29, 1.82) is 0 Å². The van der Waals surface area contributed by atoms with Crippen LogP contribution in [0.25, 0.3) is 16.2 Å². The predicted octanol–water partition coefficient (Wildman–Crippen LogP) is 2.65. The van der Waals surface area contributed by atoms with E-state index in [0.717, 1.165) is 9.75 Å². The quantitative estimate of drug-likeness (QED) is 0.752. The third-order valence-electron chi connectivity index (χ3n) is 2.83. The van der Waals surface area contributed by atoms with Crippen LogP contribution in [0.4, 0.5) is 5.69 Å². The lowest BCUT2D eigenvalue weighted by Gasteiger charge is -1.99. The van der Waals surface area contributed by atoms with Gasteiger partial charge in [0.15, 0.2) is 11.5 Å². The lowest BCUT2D eigenvalue weighted by atomic mass is 10.3. The van der Waals surface area contributed by atoms with Crippen LogP contribution in [0.5, 0.6) is 0 Å². The van der Waals surface area contributed by atoms with E-state index >= 15 is 0 Å². The number of carboxylic acid groups (broad SMARTS) is 1. The van der Waals surface area contributed by atoms with E-state index in [-0.39, 0.29) is 5.69 Å². The van der Waals surface area contributed by atoms with Crippen molar-refractivity contribution in [2.45, 2.75) is 6.92 Å². The van der Waals surface area contributed by atoms with Gasteiger partial charge in [-0.1, -0.05) is 0 Å². The number of anilines is 1. The number of fused-ring (bicyclic) bond motifs is 1. The molecule has 0 saturated carbocycles. The van der Waals surface area contributed by atoms with Gasteiger partial charge in [-0.3, -0.25) is 4.40 Å². The summed E-state index contributed by atoms with van der Waals surface area (Å²) < 4.78 is 1.76. The van der Waals surface area contributed by atoms with Gasteiger partial charge >= 0.3 is 5.97 Å². The van der Waals surface area contributed by atoms with Crippen molar-refractivity contribution in [2.75, 3.05) is 5.73 Å². The van der Waals surface area contributed by atoms with Crippen LogP contribution in [0.15, 0.2) is 30.5 Å². The first kappa shape index (κ1) is 11.7. The highest BCUT2D eigenvalue weighted by atomic mass is 32.1. The first-order chi connectivity index (χ1) is 9.06. The third kappa shape index (κ3) is 1.86. The topological polar surface area (TPSA) is 80.6 Å². The summed E-state index contributed by atoms with van der Waals surface area (Å²) in [6.07, 6.45) is 1.74. The SMILES string of the molecule is Cc1ccc(-c2nc(C(=O)O)c3cc(N)ccn23)s1. The Balaban J connectivity index is 2.34. The van der Waals surface area contributed by atoms with Crippen LogP contribution >= 0.6 is 11.3 Å². The Morgan fingerprint density at radius 1 is 1.42 bits per heavy atom. The fourth-order valence-corrected chi connectivity index (χ4v) is 2.84. The van der Waals surface area contributed by atoms with E-state index < -0.39 is 5.97 Å². The van der Waals surface area contributed by atoms with Gasteiger partial charge in [-0.2, -0.15) is 0 Å². The molecule has 19 heavy (non-hydrogen) atoms. The Bertz CT molecular complexity index is 788. The summed E-state index contributed by atoms with van der Waals surface area (Å²) >= 11 is 1.58. The van der Waals surface area contributed by atoms with E-state index in [0.29, 0.717) is 17.0 Å². The molecule has 0 aliphatic heterocycles. The number of pyridine rings is 1. The van der Waals surface area contributed by atoms with Gasteiger partial charge < -0.3 is 10.8 Å². The smallest absolute Gasteiger partial charge is 0.356 e. The molecular formula is C13H11N3O2S. The minimum atomic E-state index is -1.05. The second-order valence-corrected chi connectivity index (χ2v) is 5.50. The summed E-state index contributed by atoms with van der Waals surface area (Å²) in [6.45, 7) is 2.00. The first-order valence-corrected chi connectivity index (χ1v) is 6.45. The highest BCUT2D eigenvalue weighted by molar-refractivity contribution is 7.15. The Hall–Kier alpha value is -2.34. The summed E-state index contributed by atoms with van der Waals surface area (Å²) in [5.41, 5.74) is 6.76. The van der Waals surface area contributed by atoms with Crippen molar-refractivity contribution in [2.24, 2.45) is 0 Å². The molecule has 0 aliphatic carbocycles. The molecule has 0 radical (unpaired) electrons. The van der Waals surface area contributed by atoms with Gasteiger partial charge in [0.2, 0.25) is 0 Å². The van der Waals surface area contributed by atoms with E-state index in [9.17, 15) is 9.90 Å². The van der Waals surface area contributed by atoms with E-state index in [1.54, 1.807) is 34.1 Å². The van der Waals surface area contributed by atoms with Crippen molar-refractivity contribution in [3.8, 4) is 10.7 Å². The summed E-state index contributed by atoms with van der Waals surface area (Å²) in [5.74, 6) is -0.423. The summed E-state index contributed by atoms with van der Waals surface area (Å²) in [7, 11) is 0. The summed E-state index contributed by atoms with van der Waals surface area (Å²) in [4.78, 5) is 17.6. The number of hydrogen-bond donors (Lipinski definition) is 2. The molecule has 0 aromatic carbocycles. The number of aromatic nitrogens is 2. The number of thiophene rings is 1. The van der Waals surface area contributed by atoms with Crippen molar-refractivity contribution in [1.82, 2.24) is 9.38 Å². The maximum Gasteiger partial charge on any atom is 0.356 e. The van der Waals surface area contributed by atoms with Crippen LogP contribution in [0.2, 0.25) is 0 Å². The number of rotatable bonds is 2. The number of hydrogen-bond acceptors (Lipinski definition) is 4. The van der Waals surface area contributed by atoms with Gasteiger partial charge in [0.05, 0.1) is 10.4 Å². The van der Waals surface area contributed by atoms with Crippen LogP contribution < -0.4 is 5.73 Å². The zero-order chi connectivity index (χ0) is 13.6. The molecule has 96 valence electrons. The Kier molecular flexibility index (Phi) is 2.53. The first-order valence-electron chi connectivity index (χ1n) is 5.64.